The first-order valence-corrected chi connectivity index (χ1v) is 8.39. The van der Waals surface area contributed by atoms with Crippen LogP contribution < -0.4 is 16.0 Å². The Kier molecular flexibility index (Phi) is 5.39. The number of nitrogens with one attached hydrogen (secondary N) is 1. The van der Waals surface area contributed by atoms with Gasteiger partial charge >= 0.3 is 5.69 Å². The number of benzene rings is 2. The summed E-state index contributed by atoms with van der Waals surface area (Å²) in [6.07, 6.45) is 0. The van der Waals surface area contributed by atoms with E-state index in [-0.39, 0.29) is 23.6 Å². The number of halogens is 1. The zero-order valence-electron chi connectivity index (χ0n) is 15.3. The molecule has 2 aromatic carbocycles. The molecule has 1 aromatic heterocycles. The van der Waals surface area contributed by atoms with Crippen molar-refractivity contribution in [1.82, 2.24) is 9.55 Å². The molecule has 0 aliphatic rings. The van der Waals surface area contributed by atoms with Crippen molar-refractivity contribution in [2.45, 2.75) is 13.5 Å². The molecule has 0 radical (unpaired) electrons. The zero-order valence-corrected chi connectivity index (χ0v) is 15.3. The largest absolute Gasteiger partial charge is 0.497 e. The van der Waals surface area contributed by atoms with E-state index in [1.807, 2.05) is 0 Å². The molecular formula is C20H18FN3O4. The van der Waals surface area contributed by atoms with Gasteiger partial charge in [0, 0.05) is 0 Å². The third-order valence-electron chi connectivity index (χ3n) is 4.17. The molecule has 3 aromatic rings. The van der Waals surface area contributed by atoms with Crippen LogP contribution in [0.2, 0.25) is 0 Å². The van der Waals surface area contributed by atoms with Gasteiger partial charge < -0.3 is 9.84 Å². The van der Waals surface area contributed by atoms with E-state index in [1.54, 1.807) is 36.4 Å². The van der Waals surface area contributed by atoms with Crippen molar-refractivity contribution < 1.29 is 14.2 Å². The molecule has 0 aliphatic heterocycles. The van der Waals surface area contributed by atoms with Crippen molar-refractivity contribution in [3.05, 3.63) is 86.3 Å². The topological polar surface area (TPSA) is 96.7 Å². The van der Waals surface area contributed by atoms with Gasteiger partial charge in [-0.25, -0.2) is 13.8 Å². The first kappa shape index (κ1) is 19.1. The average molecular weight is 383 g/mol. The summed E-state index contributed by atoms with van der Waals surface area (Å²) in [5, 5.41) is 10.6. The Morgan fingerprint density at radius 3 is 2.57 bits per heavy atom. The van der Waals surface area contributed by atoms with Gasteiger partial charge in [0.2, 0.25) is 5.88 Å². The molecule has 0 bridgehead atoms. The minimum Gasteiger partial charge on any atom is -0.497 e. The monoisotopic (exact) mass is 383 g/mol. The highest BCUT2D eigenvalue weighted by Gasteiger charge is 2.18. The number of rotatable bonds is 5. The maximum absolute atomic E-state index is 13.3. The Labute approximate surface area is 159 Å². The molecule has 0 atom stereocenters. The van der Waals surface area contributed by atoms with Gasteiger partial charge in [-0.2, -0.15) is 0 Å². The Morgan fingerprint density at radius 2 is 1.93 bits per heavy atom. The molecule has 7 nitrogen and oxygen atoms in total. The number of aliphatic imine (C=N–C) groups is 1. The normalized spacial score (nSPS) is 11.5. The molecule has 2 N–H and O–H groups in total. The third-order valence-corrected chi connectivity index (χ3v) is 4.17. The van der Waals surface area contributed by atoms with E-state index < -0.39 is 17.1 Å². The number of aromatic amines is 1. The Morgan fingerprint density at radius 1 is 1.21 bits per heavy atom. The van der Waals surface area contributed by atoms with Crippen molar-refractivity contribution in [2.75, 3.05) is 7.11 Å². The summed E-state index contributed by atoms with van der Waals surface area (Å²) >= 11 is 0. The maximum atomic E-state index is 13.3. The predicted octanol–water partition coefficient (Wildman–Crippen LogP) is 2.39. The smallest absolute Gasteiger partial charge is 0.335 e. The molecule has 144 valence electrons. The molecule has 28 heavy (non-hydrogen) atoms. The standard InChI is InChI=1S/C20H18FN3O4/c1-12(22-11-13-4-3-5-14(21)10-13)17-18(25)23-20(27)24(19(17)26)15-6-8-16(28-2)9-7-15/h3-10,26H,11H2,1-2H3,(H,23,25,27). The Bertz CT molecular complexity index is 1150. The highest BCUT2D eigenvalue weighted by molar-refractivity contribution is 6.00. The van der Waals surface area contributed by atoms with E-state index in [4.69, 9.17) is 4.74 Å². The number of H-pyrrole nitrogens is 1. The molecule has 3 rings (SSSR count). The van der Waals surface area contributed by atoms with Gasteiger partial charge in [-0.15, -0.1) is 0 Å². The number of aromatic hydroxyl groups is 1. The lowest BCUT2D eigenvalue weighted by Crippen LogP contribution is -2.32. The summed E-state index contributed by atoms with van der Waals surface area (Å²) in [6, 6.07) is 12.3. The fourth-order valence-corrected chi connectivity index (χ4v) is 2.75. The molecule has 8 heteroatoms. The zero-order chi connectivity index (χ0) is 20.3. The van der Waals surface area contributed by atoms with Crippen LogP contribution in [0.4, 0.5) is 4.39 Å². The summed E-state index contributed by atoms with van der Waals surface area (Å²) in [4.78, 5) is 30.9. The van der Waals surface area contributed by atoms with E-state index >= 15 is 0 Å². The number of hydrogen-bond acceptors (Lipinski definition) is 5. The molecule has 0 aliphatic carbocycles. The van der Waals surface area contributed by atoms with Gasteiger partial charge in [0.25, 0.3) is 5.56 Å². The summed E-state index contributed by atoms with van der Waals surface area (Å²) < 4.78 is 19.3. The highest BCUT2D eigenvalue weighted by Crippen LogP contribution is 2.20. The van der Waals surface area contributed by atoms with E-state index in [2.05, 4.69) is 9.98 Å². The van der Waals surface area contributed by atoms with Crippen molar-refractivity contribution in [3.63, 3.8) is 0 Å². The van der Waals surface area contributed by atoms with Crippen LogP contribution in [0.3, 0.4) is 0 Å². The van der Waals surface area contributed by atoms with E-state index in [1.165, 1.54) is 26.2 Å². The van der Waals surface area contributed by atoms with E-state index in [0.29, 0.717) is 17.0 Å². The second-order valence-corrected chi connectivity index (χ2v) is 6.02. The quantitative estimate of drug-likeness (QED) is 0.661. The Hall–Kier alpha value is -3.68. The van der Waals surface area contributed by atoms with Gasteiger partial charge in [-0.3, -0.25) is 14.8 Å². The van der Waals surface area contributed by atoms with Gasteiger partial charge in [-0.1, -0.05) is 12.1 Å². The lowest BCUT2D eigenvalue weighted by molar-refractivity contribution is 0.414. The molecular weight excluding hydrogens is 365 g/mol. The van der Waals surface area contributed by atoms with Crippen LogP contribution in [-0.4, -0.2) is 27.5 Å². The highest BCUT2D eigenvalue weighted by atomic mass is 19.1. The van der Waals surface area contributed by atoms with Crippen molar-refractivity contribution in [1.29, 1.82) is 0 Å². The fourth-order valence-electron chi connectivity index (χ4n) is 2.75. The number of hydrogen-bond donors (Lipinski definition) is 2. The minimum absolute atomic E-state index is 0.115. The lowest BCUT2D eigenvalue weighted by atomic mass is 10.2. The second-order valence-electron chi connectivity index (χ2n) is 6.02. The van der Waals surface area contributed by atoms with Gasteiger partial charge in [-0.05, 0) is 48.9 Å². The molecule has 1 heterocycles. The first-order chi connectivity index (χ1) is 13.4. The average Bonchev–Trinajstić information content (AvgIpc) is 2.66. The van der Waals surface area contributed by atoms with Crippen LogP contribution in [0.15, 0.2) is 63.1 Å². The molecule has 0 unspecified atom stereocenters. The van der Waals surface area contributed by atoms with Crippen molar-refractivity contribution >= 4 is 5.71 Å². The summed E-state index contributed by atoms with van der Waals surface area (Å²) in [5.74, 6) is -0.340. The SMILES string of the molecule is COc1ccc(-n2c(O)c(C(C)=NCc3cccc(F)c3)c(=O)[nH]c2=O)cc1. The van der Waals surface area contributed by atoms with Crippen LogP contribution >= 0.6 is 0 Å². The Balaban J connectivity index is 2.04. The minimum atomic E-state index is -0.783. The molecule has 0 saturated carbocycles. The number of nitrogens with zero attached hydrogens (tertiary/aromatic N) is 2. The third kappa shape index (κ3) is 3.85. The van der Waals surface area contributed by atoms with E-state index in [0.717, 1.165) is 4.57 Å². The van der Waals surface area contributed by atoms with Crippen LogP contribution in [0.25, 0.3) is 5.69 Å². The van der Waals surface area contributed by atoms with Crippen LogP contribution in [0, 0.1) is 5.82 Å². The van der Waals surface area contributed by atoms with Crippen LogP contribution in [0.1, 0.15) is 18.1 Å². The lowest BCUT2D eigenvalue weighted by Gasteiger charge is -2.12. The number of methoxy groups -OCH3 is 1. The number of aromatic nitrogens is 2. The fraction of sp³-hybridized carbons (Fsp3) is 0.150. The van der Waals surface area contributed by atoms with E-state index in [9.17, 15) is 19.1 Å². The molecule has 0 fully saturated rings. The van der Waals surface area contributed by atoms with Gasteiger partial charge in [0.1, 0.15) is 17.1 Å². The van der Waals surface area contributed by atoms with Crippen LogP contribution in [0.5, 0.6) is 11.6 Å². The second kappa shape index (κ2) is 7.91. The summed E-state index contributed by atoms with van der Waals surface area (Å²) in [5.41, 5.74) is -0.503. The molecule has 0 spiro atoms. The van der Waals surface area contributed by atoms with Gasteiger partial charge in [0.05, 0.1) is 25.1 Å². The molecule has 0 amide bonds. The number of ether oxygens (including phenoxy) is 1. The summed E-state index contributed by atoms with van der Waals surface area (Å²) in [7, 11) is 1.51. The maximum Gasteiger partial charge on any atom is 0.335 e. The van der Waals surface area contributed by atoms with Gasteiger partial charge in [0.15, 0.2) is 0 Å². The first-order valence-electron chi connectivity index (χ1n) is 8.39. The predicted molar refractivity (Wildman–Crippen MR) is 103 cm³/mol. The van der Waals surface area contributed by atoms with Crippen LogP contribution in [-0.2, 0) is 6.54 Å². The summed E-state index contributed by atoms with van der Waals surface area (Å²) in [6.45, 7) is 1.65. The molecule has 0 saturated heterocycles. The van der Waals surface area contributed by atoms with Crippen molar-refractivity contribution in [2.24, 2.45) is 4.99 Å². The van der Waals surface area contributed by atoms with Crippen molar-refractivity contribution in [3.8, 4) is 17.3 Å².